The second kappa shape index (κ2) is 8.51. The maximum Gasteiger partial charge on any atom is 0.191 e. The van der Waals surface area contributed by atoms with Gasteiger partial charge in [-0.3, -0.25) is 4.99 Å². The Morgan fingerprint density at radius 2 is 2.04 bits per heavy atom. The van der Waals surface area contributed by atoms with Gasteiger partial charge in [-0.2, -0.15) is 0 Å². The minimum Gasteiger partial charge on any atom is -0.497 e. The van der Waals surface area contributed by atoms with Gasteiger partial charge in [-0.05, 0) is 18.6 Å². The fourth-order valence-electron chi connectivity index (χ4n) is 3.06. The first-order valence-corrected chi connectivity index (χ1v) is 8.69. The predicted octanol–water partition coefficient (Wildman–Crippen LogP) is 2.24. The van der Waals surface area contributed by atoms with Crippen molar-refractivity contribution in [2.45, 2.75) is 19.0 Å². The fourth-order valence-corrected chi connectivity index (χ4v) is 3.06. The number of anilines is 1. The van der Waals surface area contributed by atoms with Gasteiger partial charge in [0.2, 0.25) is 0 Å². The first-order chi connectivity index (χ1) is 12.7. The monoisotopic (exact) mass is 358 g/mol. The molecule has 7 nitrogen and oxygen atoms in total. The molecule has 7 heteroatoms. The Morgan fingerprint density at radius 3 is 2.65 bits per heavy atom. The molecular formula is C19H26N4O3. The number of benzene rings is 1. The first-order valence-electron chi connectivity index (χ1n) is 8.69. The van der Waals surface area contributed by atoms with E-state index in [4.69, 9.17) is 13.9 Å². The maximum absolute atomic E-state index is 5.37. The van der Waals surface area contributed by atoms with Crippen molar-refractivity contribution in [3.8, 4) is 11.5 Å². The Balaban J connectivity index is 1.57. The zero-order chi connectivity index (χ0) is 18.4. The Morgan fingerprint density at radius 1 is 1.27 bits per heavy atom. The number of furan rings is 1. The smallest absolute Gasteiger partial charge is 0.191 e. The Labute approximate surface area is 154 Å². The van der Waals surface area contributed by atoms with Crippen LogP contribution in [0.1, 0.15) is 12.2 Å². The molecule has 3 rings (SSSR count). The highest BCUT2D eigenvalue weighted by molar-refractivity contribution is 5.80. The van der Waals surface area contributed by atoms with Crippen LogP contribution in [0, 0.1) is 0 Å². The number of nitrogens with zero attached hydrogens (tertiary/aromatic N) is 2. The van der Waals surface area contributed by atoms with Crippen molar-refractivity contribution >= 4 is 11.6 Å². The summed E-state index contributed by atoms with van der Waals surface area (Å²) in [4.78, 5) is 6.62. The van der Waals surface area contributed by atoms with E-state index in [2.05, 4.69) is 20.5 Å². The number of hydrogen-bond donors (Lipinski definition) is 2. The molecule has 1 aliphatic heterocycles. The number of methoxy groups -OCH3 is 2. The summed E-state index contributed by atoms with van der Waals surface area (Å²) in [6.07, 6.45) is 2.70. The minimum absolute atomic E-state index is 0.315. The standard InChI is InChI=1S/C19H26N4O3/c1-20-19(21-12-16-5-4-8-26-16)22-14-6-7-23(13-14)15-9-17(24-2)11-18(10-15)25-3/h4-5,8-11,14H,6-7,12-13H2,1-3H3,(H2,20,21,22). The summed E-state index contributed by atoms with van der Waals surface area (Å²) in [6.45, 7) is 2.46. The Kier molecular flexibility index (Phi) is 5.88. The summed E-state index contributed by atoms with van der Waals surface area (Å²) in [7, 11) is 5.11. The van der Waals surface area contributed by atoms with Crippen LogP contribution in [-0.2, 0) is 6.54 Å². The van der Waals surface area contributed by atoms with Gasteiger partial charge in [-0.25, -0.2) is 0 Å². The van der Waals surface area contributed by atoms with Crippen LogP contribution < -0.4 is 25.0 Å². The van der Waals surface area contributed by atoms with Crippen molar-refractivity contribution in [3.63, 3.8) is 0 Å². The van der Waals surface area contributed by atoms with Crippen LogP contribution in [0.5, 0.6) is 11.5 Å². The molecule has 1 fully saturated rings. The minimum atomic E-state index is 0.315. The van der Waals surface area contributed by atoms with Crippen molar-refractivity contribution < 1.29 is 13.9 Å². The summed E-state index contributed by atoms with van der Waals surface area (Å²) in [5.74, 6) is 3.25. The molecule has 2 N–H and O–H groups in total. The van der Waals surface area contributed by atoms with Crippen LogP contribution in [0.3, 0.4) is 0 Å². The van der Waals surface area contributed by atoms with Crippen molar-refractivity contribution in [3.05, 3.63) is 42.4 Å². The molecule has 0 bridgehead atoms. The molecule has 1 saturated heterocycles. The molecular weight excluding hydrogens is 332 g/mol. The lowest BCUT2D eigenvalue weighted by atomic mass is 10.2. The third-order valence-electron chi connectivity index (χ3n) is 4.46. The Hall–Kier alpha value is -2.83. The van der Waals surface area contributed by atoms with Crippen LogP contribution in [0.25, 0.3) is 0 Å². The summed E-state index contributed by atoms with van der Waals surface area (Å²) in [6, 6.07) is 10.1. The third kappa shape index (κ3) is 4.41. The highest BCUT2D eigenvalue weighted by Crippen LogP contribution is 2.30. The van der Waals surface area contributed by atoms with E-state index < -0.39 is 0 Å². The molecule has 0 aliphatic carbocycles. The summed E-state index contributed by atoms with van der Waals surface area (Å²) >= 11 is 0. The van der Waals surface area contributed by atoms with Crippen LogP contribution >= 0.6 is 0 Å². The molecule has 2 heterocycles. The van der Waals surface area contributed by atoms with E-state index in [0.717, 1.165) is 48.4 Å². The van der Waals surface area contributed by atoms with Gasteiger partial charge in [0.15, 0.2) is 5.96 Å². The van der Waals surface area contributed by atoms with Gasteiger partial charge in [0.25, 0.3) is 0 Å². The quantitative estimate of drug-likeness (QED) is 0.610. The highest BCUT2D eigenvalue weighted by atomic mass is 16.5. The molecule has 1 atom stereocenters. The molecule has 1 aromatic heterocycles. The lowest BCUT2D eigenvalue weighted by molar-refractivity contribution is 0.394. The van der Waals surface area contributed by atoms with Crippen molar-refractivity contribution in [2.75, 3.05) is 39.3 Å². The van der Waals surface area contributed by atoms with Crippen LogP contribution in [0.2, 0.25) is 0 Å². The number of ether oxygens (including phenoxy) is 2. The van der Waals surface area contributed by atoms with Gasteiger partial charge >= 0.3 is 0 Å². The van der Waals surface area contributed by atoms with E-state index in [1.54, 1.807) is 27.5 Å². The SMILES string of the molecule is CN=C(NCc1ccco1)NC1CCN(c2cc(OC)cc(OC)c2)C1. The van der Waals surface area contributed by atoms with Gasteiger partial charge in [0.1, 0.15) is 17.3 Å². The number of aliphatic imine (C=N–C) groups is 1. The second-order valence-electron chi connectivity index (χ2n) is 6.15. The zero-order valence-electron chi connectivity index (χ0n) is 15.5. The molecule has 1 unspecified atom stereocenters. The molecule has 0 saturated carbocycles. The van der Waals surface area contributed by atoms with Crippen molar-refractivity contribution in [1.29, 1.82) is 0 Å². The summed E-state index contributed by atoms with van der Waals surface area (Å²) in [5, 5.41) is 6.75. The van der Waals surface area contributed by atoms with Gasteiger partial charge in [-0.15, -0.1) is 0 Å². The van der Waals surface area contributed by atoms with E-state index in [1.165, 1.54) is 0 Å². The van der Waals surface area contributed by atoms with E-state index in [9.17, 15) is 0 Å². The molecule has 0 amide bonds. The molecule has 0 radical (unpaired) electrons. The molecule has 2 aromatic rings. The average molecular weight is 358 g/mol. The molecule has 1 aromatic carbocycles. The lowest BCUT2D eigenvalue weighted by Crippen LogP contribution is -2.44. The topological polar surface area (TPSA) is 71.3 Å². The molecule has 1 aliphatic rings. The Bertz CT molecular complexity index is 708. The number of guanidine groups is 1. The third-order valence-corrected chi connectivity index (χ3v) is 4.46. The zero-order valence-corrected chi connectivity index (χ0v) is 15.5. The van der Waals surface area contributed by atoms with Crippen LogP contribution in [0.4, 0.5) is 5.69 Å². The number of nitrogens with one attached hydrogen (secondary N) is 2. The van der Waals surface area contributed by atoms with Crippen molar-refractivity contribution in [1.82, 2.24) is 10.6 Å². The van der Waals surface area contributed by atoms with E-state index in [-0.39, 0.29) is 0 Å². The van der Waals surface area contributed by atoms with E-state index in [1.807, 2.05) is 30.3 Å². The first kappa shape index (κ1) is 18.0. The number of hydrogen-bond acceptors (Lipinski definition) is 5. The normalized spacial score (nSPS) is 17.3. The lowest BCUT2D eigenvalue weighted by Gasteiger charge is -2.21. The summed E-state index contributed by atoms with van der Waals surface area (Å²) in [5.41, 5.74) is 1.10. The van der Waals surface area contributed by atoms with Gasteiger partial charge < -0.3 is 29.4 Å². The van der Waals surface area contributed by atoms with Crippen LogP contribution in [-0.4, -0.2) is 46.4 Å². The predicted molar refractivity (Wildman–Crippen MR) is 102 cm³/mol. The van der Waals surface area contributed by atoms with Crippen LogP contribution in [0.15, 0.2) is 46.0 Å². The van der Waals surface area contributed by atoms with Gasteiger partial charge in [-0.1, -0.05) is 0 Å². The molecule has 26 heavy (non-hydrogen) atoms. The van der Waals surface area contributed by atoms with E-state index >= 15 is 0 Å². The van der Waals surface area contributed by atoms with Gasteiger partial charge in [0, 0.05) is 50.1 Å². The molecule has 140 valence electrons. The fraction of sp³-hybridized carbons (Fsp3) is 0.421. The summed E-state index contributed by atoms with van der Waals surface area (Å²) < 4.78 is 16.1. The largest absolute Gasteiger partial charge is 0.497 e. The van der Waals surface area contributed by atoms with Crippen molar-refractivity contribution in [2.24, 2.45) is 4.99 Å². The second-order valence-corrected chi connectivity index (χ2v) is 6.15. The maximum atomic E-state index is 5.37. The average Bonchev–Trinajstić information content (AvgIpc) is 3.36. The highest BCUT2D eigenvalue weighted by Gasteiger charge is 2.24. The number of rotatable bonds is 6. The molecule has 0 spiro atoms. The van der Waals surface area contributed by atoms with Gasteiger partial charge in [0.05, 0.1) is 27.0 Å². The van der Waals surface area contributed by atoms with E-state index in [0.29, 0.717) is 12.6 Å².